The molecule has 0 aliphatic rings. The van der Waals surface area contributed by atoms with Crippen molar-refractivity contribution in [2.24, 2.45) is 0 Å². The van der Waals surface area contributed by atoms with Crippen molar-refractivity contribution in [2.75, 3.05) is 7.05 Å². The van der Waals surface area contributed by atoms with E-state index in [-0.39, 0.29) is 12.4 Å². The lowest BCUT2D eigenvalue weighted by Crippen LogP contribution is -2.24. The standard InChI is InChI=1S/C21H25N3O2.ClH/c1-15-6-4-8-18(10-15)14-25-19-9-5-7-17(12-19)13-21-23-20(24-26-21)11-16(2)22-3;/h4-10,12,16,22H,11,13-14H2,1-3H3;1H. The number of hydrogen-bond acceptors (Lipinski definition) is 5. The fourth-order valence-corrected chi connectivity index (χ4v) is 2.71. The van der Waals surface area contributed by atoms with Crippen LogP contribution in [0.1, 0.15) is 35.3 Å². The van der Waals surface area contributed by atoms with Crippen LogP contribution in [0.5, 0.6) is 5.75 Å². The molecule has 3 aromatic rings. The van der Waals surface area contributed by atoms with Gasteiger partial charge in [-0.25, -0.2) is 0 Å². The second-order valence-electron chi connectivity index (χ2n) is 6.60. The summed E-state index contributed by atoms with van der Waals surface area (Å²) in [5.74, 6) is 2.19. The molecule has 144 valence electrons. The van der Waals surface area contributed by atoms with Crippen LogP contribution in [0.4, 0.5) is 0 Å². The van der Waals surface area contributed by atoms with Crippen molar-refractivity contribution in [1.82, 2.24) is 15.5 Å². The van der Waals surface area contributed by atoms with Crippen LogP contribution < -0.4 is 10.1 Å². The first kappa shape index (κ1) is 20.9. The van der Waals surface area contributed by atoms with Crippen LogP contribution in [0.25, 0.3) is 0 Å². The number of benzene rings is 2. The van der Waals surface area contributed by atoms with Crippen LogP contribution in [-0.2, 0) is 19.4 Å². The molecule has 3 rings (SSSR count). The molecule has 0 aliphatic carbocycles. The highest BCUT2D eigenvalue weighted by molar-refractivity contribution is 5.85. The first-order valence-corrected chi connectivity index (χ1v) is 8.88. The van der Waals surface area contributed by atoms with Crippen LogP contribution in [0.3, 0.4) is 0 Å². The molecule has 2 aromatic carbocycles. The van der Waals surface area contributed by atoms with E-state index in [1.807, 2.05) is 37.4 Å². The van der Waals surface area contributed by atoms with Gasteiger partial charge < -0.3 is 14.6 Å². The molecule has 6 heteroatoms. The van der Waals surface area contributed by atoms with Crippen LogP contribution in [-0.4, -0.2) is 23.2 Å². The topological polar surface area (TPSA) is 60.2 Å². The summed E-state index contributed by atoms with van der Waals surface area (Å²) < 4.78 is 11.3. The van der Waals surface area contributed by atoms with Crippen LogP contribution in [0.15, 0.2) is 53.1 Å². The van der Waals surface area contributed by atoms with Crippen LogP contribution in [0, 0.1) is 6.92 Å². The maximum atomic E-state index is 5.92. The molecule has 27 heavy (non-hydrogen) atoms. The maximum Gasteiger partial charge on any atom is 0.231 e. The van der Waals surface area contributed by atoms with Gasteiger partial charge in [0.2, 0.25) is 5.89 Å². The number of likely N-dealkylation sites (N-methyl/N-ethyl adjacent to an activating group) is 1. The Labute approximate surface area is 166 Å². The van der Waals surface area contributed by atoms with Gasteiger partial charge in [0.15, 0.2) is 5.82 Å². The summed E-state index contributed by atoms with van der Waals surface area (Å²) in [6, 6.07) is 16.7. The van der Waals surface area contributed by atoms with Gasteiger partial charge in [-0.2, -0.15) is 4.98 Å². The summed E-state index contributed by atoms with van der Waals surface area (Å²) in [6.07, 6.45) is 1.35. The third-order valence-corrected chi connectivity index (χ3v) is 4.23. The Balaban J connectivity index is 0.00000261. The van der Waals surface area contributed by atoms with Crippen molar-refractivity contribution in [3.8, 4) is 5.75 Å². The second-order valence-corrected chi connectivity index (χ2v) is 6.60. The van der Waals surface area contributed by atoms with Crippen LogP contribution in [0.2, 0.25) is 0 Å². The second kappa shape index (κ2) is 10.1. The van der Waals surface area contributed by atoms with Gasteiger partial charge in [0.1, 0.15) is 12.4 Å². The van der Waals surface area contributed by atoms with E-state index < -0.39 is 0 Å². The highest BCUT2D eigenvalue weighted by atomic mass is 35.5. The number of hydrogen-bond donors (Lipinski definition) is 1. The predicted molar refractivity (Wildman–Crippen MR) is 109 cm³/mol. The summed E-state index contributed by atoms with van der Waals surface area (Å²) in [7, 11) is 1.92. The average molecular weight is 388 g/mol. The summed E-state index contributed by atoms with van der Waals surface area (Å²) in [5.41, 5.74) is 3.49. The number of rotatable bonds is 8. The van der Waals surface area contributed by atoms with E-state index >= 15 is 0 Å². The molecule has 0 spiro atoms. The van der Waals surface area contributed by atoms with Gasteiger partial charge in [-0.15, -0.1) is 12.4 Å². The molecule has 0 aliphatic heterocycles. The predicted octanol–water partition coefficient (Wildman–Crippen LogP) is 4.12. The molecule has 0 bridgehead atoms. The molecule has 0 saturated carbocycles. The fourth-order valence-electron chi connectivity index (χ4n) is 2.71. The third kappa shape index (κ3) is 6.38. The van der Waals surface area contributed by atoms with Gasteiger partial charge in [-0.05, 0) is 44.2 Å². The molecule has 0 fully saturated rings. The van der Waals surface area contributed by atoms with E-state index in [0.717, 1.165) is 29.1 Å². The van der Waals surface area contributed by atoms with Crippen molar-refractivity contribution in [3.05, 3.63) is 76.9 Å². The number of aryl methyl sites for hydroxylation is 1. The van der Waals surface area contributed by atoms with Gasteiger partial charge in [-0.3, -0.25) is 0 Å². The summed E-state index contributed by atoms with van der Waals surface area (Å²) in [5, 5.41) is 7.22. The molecule has 1 atom stereocenters. The zero-order chi connectivity index (χ0) is 18.4. The molecular weight excluding hydrogens is 362 g/mol. The van der Waals surface area contributed by atoms with Crippen molar-refractivity contribution >= 4 is 12.4 Å². The minimum absolute atomic E-state index is 0. The smallest absolute Gasteiger partial charge is 0.231 e. The van der Waals surface area contributed by atoms with E-state index in [2.05, 4.69) is 47.5 Å². The average Bonchev–Trinajstić information content (AvgIpc) is 3.07. The maximum absolute atomic E-state index is 5.92. The van der Waals surface area contributed by atoms with Gasteiger partial charge in [0.05, 0.1) is 6.42 Å². The quantitative estimate of drug-likeness (QED) is 0.630. The first-order valence-electron chi connectivity index (χ1n) is 8.88. The normalized spacial score (nSPS) is 11.7. The van der Waals surface area contributed by atoms with Crippen molar-refractivity contribution in [3.63, 3.8) is 0 Å². The van der Waals surface area contributed by atoms with E-state index in [0.29, 0.717) is 25.0 Å². The van der Waals surface area contributed by atoms with Crippen molar-refractivity contribution < 1.29 is 9.26 Å². The van der Waals surface area contributed by atoms with E-state index in [4.69, 9.17) is 9.26 Å². The molecule has 1 heterocycles. The third-order valence-electron chi connectivity index (χ3n) is 4.23. The Morgan fingerprint density at radius 1 is 1.11 bits per heavy atom. The highest BCUT2D eigenvalue weighted by Crippen LogP contribution is 2.18. The Morgan fingerprint density at radius 3 is 2.67 bits per heavy atom. The number of ether oxygens (including phenoxy) is 1. The molecule has 5 nitrogen and oxygen atoms in total. The van der Waals surface area contributed by atoms with Gasteiger partial charge in [0, 0.05) is 12.5 Å². The van der Waals surface area contributed by atoms with Gasteiger partial charge in [0.25, 0.3) is 0 Å². The van der Waals surface area contributed by atoms with E-state index in [9.17, 15) is 0 Å². The number of aromatic nitrogens is 2. The Kier molecular flexibility index (Phi) is 7.82. The monoisotopic (exact) mass is 387 g/mol. The lowest BCUT2D eigenvalue weighted by molar-refractivity contribution is 0.305. The molecular formula is C21H26ClN3O2. The summed E-state index contributed by atoms with van der Waals surface area (Å²) in [4.78, 5) is 4.47. The first-order chi connectivity index (χ1) is 12.6. The molecule has 0 saturated heterocycles. The van der Waals surface area contributed by atoms with Gasteiger partial charge in [-0.1, -0.05) is 47.1 Å². The zero-order valence-corrected chi connectivity index (χ0v) is 16.8. The minimum atomic E-state index is 0. The Morgan fingerprint density at radius 2 is 1.89 bits per heavy atom. The van der Waals surface area contributed by atoms with Crippen molar-refractivity contribution in [1.29, 1.82) is 0 Å². The molecule has 0 radical (unpaired) electrons. The van der Waals surface area contributed by atoms with E-state index in [1.165, 1.54) is 5.56 Å². The number of halogens is 1. The molecule has 1 aromatic heterocycles. The Hall–Kier alpha value is -2.37. The number of nitrogens with zero attached hydrogens (tertiary/aromatic N) is 2. The van der Waals surface area contributed by atoms with Gasteiger partial charge >= 0.3 is 0 Å². The van der Waals surface area contributed by atoms with Crippen molar-refractivity contribution in [2.45, 2.75) is 39.3 Å². The molecule has 1 unspecified atom stereocenters. The zero-order valence-electron chi connectivity index (χ0n) is 15.9. The van der Waals surface area contributed by atoms with E-state index in [1.54, 1.807) is 0 Å². The lowest BCUT2D eigenvalue weighted by atomic mass is 10.1. The molecule has 0 amide bonds. The summed E-state index contributed by atoms with van der Waals surface area (Å²) >= 11 is 0. The minimum Gasteiger partial charge on any atom is -0.489 e. The number of nitrogens with one attached hydrogen (secondary N) is 1. The highest BCUT2D eigenvalue weighted by Gasteiger charge is 2.10. The fraction of sp³-hybridized carbons (Fsp3) is 0.333. The summed E-state index contributed by atoms with van der Waals surface area (Å²) in [6.45, 7) is 4.73. The Bertz CT molecular complexity index is 851. The lowest BCUT2D eigenvalue weighted by Gasteiger charge is -2.08. The van der Waals surface area contributed by atoms with Crippen LogP contribution >= 0.6 is 12.4 Å². The molecule has 1 N–H and O–H groups in total. The largest absolute Gasteiger partial charge is 0.489 e. The SMILES string of the molecule is CNC(C)Cc1noc(Cc2cccc(OCc3cccc(C)c3)c2)n1.Cl.